The van der Waals surface area contributed by atoms with Crippen molar-refractivity contribution in [1.82, 2.24) is 9.78 Å². The van der Waals surface area contributed by atoms with Crippen molar-refractivity contribution in [1.29, 1.82) is 0 Å². The van der Waals surface area contributed by atoms with Gasteiger partial charge >= 0.3 is 6.18 Å². The fourth-order valence-electron chi connectivity index (χ4n) is 5.26. The Hall–Kier alpha value is -3.73. The number of β-amino-alcohol motifs (C(OH)–C–C–N with tert-alkyl or cyclic N) is 1. The highest BCUT2D eigenvalue weighted by molar-refractivity contribution is 5.75. The van der Waals surface area contributed by atoms with Crippen LogP contribution in [0.15, 0.2) is 41.2 Å². The van der Waals surface area contributed by atoms with Crippen molar-refractivity contribution in [2.45, 2.75) is 25.4 Å². The minimum atomic E-state index is -4.71. The Morgan fingerprint density at radius 1 is 1.00 bits per heavy atom. The van der Waals surface area contributed by atoms with Gasteiger partial charge in [0.25, 0.3) is 5.56 Å². The van der Waals surface area contributed by atoms with Gasteiger partial charge in [0.2, 0.25) is 0 Å². The summed E-state index contributed by atoms with van der Waals surface area (Å²) in [5.74, 6) is 0.953. The van der Waals surface area contributed by atoms with Gasteiger partial charge in [-0.25, -0.2) is 0 Å². The second-order valence-corrected chi connectivity index (χ2v) is 9.35. The molecule has 1 aromatic heterocycles. The van der Waals surface area contributed by atoms with Crippen LogP contribution in [0.3, 0.4) is 0 Å². The summed E-state index contributed by atoms with van der Waals surface area (Å²) >= 11 is 0. The Morgan fingerprint density at radius 3 is 2.29 bits per heavy atom. The summed E-state index contributed by atoms with van der Waals surface area (Å²) in [5.41, 5.74) is 0.422. The van der Waals surface area contributed by atoms with E-state index in [4.69, 9.17) is 9.47 Å². The third kappa shape index (κ3) is 4.66. The molecule has 3 aromatic rings. The van der Waals surface area contributed by atoms with Crippen LogP contribution in [0.5, 0.6) is 11.5 Å². The fraction of sp³-hybridized carbons (Fsp3) is 0.407. The van der Waals surface area contributed by atoms with Gasteiger partial charge in [-0.2, -0.15) is 23.0 Å². The van der Waals surface area contributed by atoms with E-state index in [1.165, 1.54) is 26.4 Å². The summed E-state index contributed by atoms with van der Waals surface area (Å²) in [4.78, 5) is 17.5. The SMILES string of the molecule is COc1cc(OC)cc(-c2nn(-c3cc(N4CCCC4)ccc3C(F)(F)F)c(=O)c3c2CCN3CCO)c1. The average molecular weight is 531 g/mol. The van der Waals surface area contributed by atoms with Gasteiger partial charge in [-0.05, 0) is 49.6 Å². The van der Waals surface area contributed by atoms with Gasteiger partial charge in [0.15, 0.2) is 0 Å². The molecule has 38 heavy (non-hydrogen) atoms. The number of ether oxygens (including phenoxy) is 2. The summed E-state index contributed by atoms with van der Waals surface area (Å²) < 4.78 is 54.4. The predicted molar refractivity (Wildman–Crippen MR) is 138 cm³/mol. The lowest BCUT2D eigenvalue weighted by atomic mass is 10.0. The standard InChI is InChI=1S/C27H29F3N4O4/c1-37-19-13-17(14-20(16-19)38-2)24-21-7-10-33(11-12-35)25(21)26(36)34(31-24)23-15-18(32-8-3-4-9-32)5-6-22(23)27(28,29)30/h5-6,13-16,35H,3-4,7-12H2,1-2H3. The number of benzene rings is 2. The number of anilines is 2. The highest BCUT2D eigenvalue weighted by atomic mass is 19.4. The number of hydrogen-bond donors (Lipinski definition) is 1. The first-order valence-electron chi connectivity index (χ1n) is 12.5. The van der Waals surface area contributed by atoms with Crippen molar-refractivity contribution in [3.63, 3.8) is 0 Å². The maximum absolute atomic E-state index is 14.2. The maximum atomic E-state index is 14.2. The monoisotopic (exact) mass is 530 g/mol. The smallest absolute Gasteiger partial charge is 0.418 e. The van der Waals surface area contributed by atoms with E-state index >= 15 is 0 Å². The van der Waals surface area contributed by atoms with Gasteiger partial charge < -0.3 is 24.4 Å². The zero-order valence-electron chi connectivity index (χ0n) is 21.2. The molecule has 0 aliphatic carbocycles. The number of rotatable bonds is 7. The molecular weight excluding hydrogens is 501 g/mol. The summed E-state index contributed by atoms with van der Waals surface area (Å²) in [7, 11) is 3.00. The van der Waals surface area contributed by atoms with Crippen molar-refractivity contribution in [2.24, 2.45) is 0 Å². The van der Waals surface area contributed by atoms with Crippen LogP contribution in [0.2, 0.25) is 0 Å². The largest absolute Gasteiger partial charge is 0.497 e. The number of halogens is 3. The molecule has 1 N–H and O–H groups in total. The van der Waals surface area contributed by atoms with Crippen molar-refractivity contribution in [3.8, 4) is 28.4 Å². The topological polar surface area (TPSA) is 80.1 Å². The van der Waals surface area contributed by atoms with Crippen LogP contribution in [0, 0.1) is 0 Å². The molecular formula is C27H29F3N4O4. The minimum Gasteiger partial charge on any atom is -0.497 e. The maximum Gasteiger partial charge on any atom is 0.418 e. The van der Waals surface area contributed by atoms with E-state index < -0.39 is 17.3 Å². The quantitative estimate of drug-likeness (QED) is 0.497. The molecule has 202 valence electrons. The van der Waals surface area contributed by atoms with Gasteiger partial charge in [0, 0.05) is 49.1 Å². The third-order valence-corrected chi connectivity index (χ3v) is 7.10. The van der Waals surface area contributed by atoms with Crippen molar-refractivity contribution in [2.75, 3.05) is 56.8 Å². The zero-order valence-corrected chi connectivity index (χ0v) is 21.2. The fourth-order valence-corrected chi connectivity index (χ4v) is 5.26. The summed E-state index contributed by atoms with van der Waals surface area (Å²) in [6.45, 7) is 1.87. The number of nitrogens with zero attached hydrogens (tertiary/aromatic N) is 4. The molecule has 0 bridgehead atoms. The van der Waals surface area contributed by atoms with Gasteiger partial charge in [-0.1, -0.05) is 0 Å². The Labute approximate surface area is 217 Å². The Bertz CT molecular complexity index is 1380. The first-order valence-corrected chi connectivity index (χ1v) is 12.5. The van der Waals surface area contributed by atoms with E-state index in [1.807, 2.05) is 4.90 Å². The lowest BCUT2D eigenvalue weighted by Gasteiger charge is -2.23. The molecule has 0 atom stereocenters. The van der Waals surface area contributed by atoms with Crippen LogP contribution in [0.4, 0.5) is 24.5 Å². The number of aliphatic hydroxyl groups excluding tert-OH is 1. The van der Waals surface area contributed by atoms with Gasteiger partial charge in [-0.15, -0.1) is 0 Å². The molecule has 2 aliphatic heterocycles. The molecule has 0 unspecified atom stereocenters. The number of methoxy groups -OCH3 is 2. The van der Waals surface area contributed by atoms with Crippen LogP contribution in [-0.2, 0) is 12.6 Å². The number of alkyl halides is 3. The van der Waals surface area contributed by atoms with E-state index in [0.717, 1.165) is 36.7 Å². The summed E-state index contributed by atoms with van der Waals surface area (Å²) in [5, 5.41) is 14.2. The molecule has 5 rings (SSSR count). The summed E-state index contributed by atoms with van der Waals surface area (Å²) in [6, 6.07) is 8.96. The van der Waals surface area contributed by atoms with Crippen LogP contribution in [0.1, 0.15) is 24.0 Å². The highest BCUT2D eigenvalue weighted by Gasteiger charge is 2.37. The van der Waals surface area contributed by atoms with E-state index in [-0.39, 0.29) is 24.5 Å². The average Bonchev–Trinajstić information content (AvgIpc) is 3.59. The lowest BCUT2D eigenvalue weighted by molar-refractivity contribution is -0.137. The minimum absolute atomic E-state index is 0.174. The number of hydrogen-bond acceptors (Lipinski definition) is 7. The van der Waals surface area contributed by atoms with Crippen molar-refractivity contribution < 1.29 is 27.8 Å². The molecule has 0 saturated carbocycles. The number of aliphatic hydroxyl groups is 1. The molecule has 11 heteroatoms. The van der Waals surface area contributed by atoms with E-state index in [1.54, 1.807) is 23.1 Å². The first kappa shape index (κ1) is 25.9. The van der Waals surface area contributed by atoms with Crippen LogP contribution in [0.25, 0.3) is 16.9 Å². The van der Waals surface area contributed by atoms with Crippen molar-refractivity contribution in [3.05, 3.63) is 57.9 Å². The molecule has 1 fully saturated rings. The van der Waals surface area contributed by atoms with Gasteiger partial charge in [0.1, 0.15) is 17.2 Å². The molecule has 2 aliphatic rings. The second kappa shape index (κ2) is 10.2. The zero-order chi connectivity index (χ0) is 27.0. The number of fused-ring (bicyclic) bond motifs is 1. The first-order chi connectivity index (χ1) is 18.2. The van der Waals surface area contributed by atoms with Crippen LogP contribution >= 0.6 is 0 Å². The molecule has 1 saturated heterocycles. The Kier molecular flexibility index (Phi) is 6.95. The van der Waals surface area contributed by atoms with Gasteiger partial charge in [0.05, 0.1) is 37.8 Å². The number of aromatic nitrogens is 2. The normalized spacial score (nSPS) is 15.2. The van der Waals surface area contributed by atoms with Crippen LogP contribution in [-0.4, -0.2) is 61.9 Å². The van der Waals surface area contributed by atoms with Crippen LogP contribution < -0.4 is 24.8 Å². The summed E-state index contributed by atoms with van der Waals surface area (Å²) in [6.07, 6.45) is -2.35. The Balaban J connectivity index is 1.80. The molecule has 3 heterocycles. The predicted octanol–water partition coefficient (Wildman–Crippen LogP) is 3.89. The van der Waals surface area contributed by atoms with E-state index in [9.17, 15) is 23.1 Å². The molecule has 0 radical (unpaired) electrons. The third-order valence-electron chi connectivity index (χ3n) is 7.10. The van der Waals surface area contributed by atoms with E-state index in [0.29, 0.717) is 47.0 Å². The molecule has 8 nitrogen and oxygen atoms in total. The highest BCUT2D eigenvalue weighted by Crippen LogP contribution is 2.39. The van der Waals surface area contributed by atoms with Gasteiger partial charge in [-0.3, -0.25) is 4.79 Å². The Morgan fingerprint density at radius 2 is 1.68 bits per heavy atom. The van der Waals surface area contributed by atoms with E-state index in [2.05, 4.69) is 5.10 Å². The molecule has 0 amide bonds. The molecule has 0 spiro atoms. The lowest BCUT2D eigenvalue weighted by Crippen LogP contribution is -2.33. The second-order valence-electron chi connectivity index (χ2n) is 9.35. The molecule has 2 aromatic carbocycles. The van der Waals surface area contributed by atoms with Crippen molar-refractivity contribution >= 4 is 11.4 Å².